The largest absolute Gasteiger partial charge is 0.368 e. The van der Waals surface area contributed by atoms with E-state index in [0.29, 0.717) is 13.1 Å². The number of para-hydroxylation sites is 1. The van der Waals surface area contributed by atoms with Crippen LogP contribution in [0.5, 0.6) is 0 Å². The van der Waals surface area contributed by atoms with E-state index in [4.69, 9.17) is 9.97 Å². The second-order valence-corrected chi connectivity index (χ2v) is 10.6. The van der Waals surface area contributed by atoms with Crippen LogP contribution in [0.3, 0.4) is 0 Å². The molecule has 0 radical (unpaired) electrons. The summed E-state index contributed by atoms with van der Waals surface area (Å²) >= 11 is 1.51. The van der Waals surface area contributed by atoms with Crippen molar-refractivity contribution in [2.24, 2.45) is 0 Å². The molecule has 190 valence electrons. The van der Waals surface area contributed by atoms with Crippen LogP contribution in [-0.4, -0.2) is 78.1 Å². The van der Waals surface area contributed by atoms with Crippen LogP contribution in [0.1, 0.15) is 21.1 Å². The molecule has 0 bridgehead atoms. The number of fused-ring (bicyclic) bond motifs is 1. The number of nitrogens with zero attached hydrogens (tertiary/aromatic N) is 7. The Bertz CT molecular complexity index is 1390. The average Bonchev–Trinajstić information content (AvgIpc) is 3.29. The van der Waals surface area contributed by atoms with E-state index in [-0.39, 0.29) is 5.91 Å². The van der Waals surface area contributed by atoms with Crippen LogP contribution in [0.4, 0.5) is 17.3 Å². The maximum absolute atomic E-state index is 13.6. The molecule has 2 saturated heterocycles. The Hall–Kier alpha value is -3.72. The molecule has 3 aromatic heterocycles. The van der Waals surface area contributed by atoms with Gasteiger partial charge in [-0.05, 0) is 43.7 Å². The van der Waals surface area contributed by atoms with E-state index in [0.717, 1.165) is 77.4 Å². The SMILES string of the molecule is Cc1nc(N2CCN(c3ccccn3)CC2)c2c(C)c(C(=O)N3CCN(c4ccccc4)CC3)sc2n1. The van der Waals surface area contributed by atoms with Gasteiger partial charge in [-0.2, -0.15) is 0 Å². The van der Waals surface area contributed by atoms with Gasteiger partial charge in [-0.15, -0.1) is 11.3 Å². The van der Waals surface area contributed by atoms with Gasteiger partial charge >= 0.3 is 0 Å². The van der Waals surface area contributed by atoms with Crippen molar-refractivity contribution in [3.63, 3.8) is 0 Å². The number of pyridine rings is 1. The van der Waals surface area contributed by atoms with Gasteiger partial charge < -0.3 is 19.6 Å². The minimum Gasteiger partial charge on any atom is -0.368 e. The topological polar surface area (TPSA) is 68.7 Å². The van der Waals surface area contributed by atoms with Crippen LogP contribution in [0.15, 0.2) is 54.7 Å². The smallest absolute Gasteiger partial charge is 0.264 e. The molecule has 0 atom stereocenters. The Labute approximate surface area is 221 Å². The molecule has 0 aliphatic carbocycles. The van der Waals surface area contributed by atoms with E-state index in [9.17, 15) is 4.79 Å². The van der Waals surface area contributed by atoms with Crippen LogP contribution in [-0.2, 0) is 0 Å². The van der Waals surface area contributed by atoms with E-state index in [1.54, 1.807) is 0 Å². The molecule has 9 heteroatoms. The van der Waals surface area contributed by atoms with Gasteiger partial charge in [0.15, 0.2) is 0 Å². The Morgan fingerprint density at radius 3 is 2.16 bits per heavy atom. The number of rotatable bonds is 4. The van der Waals surface area contributed by atoms with Crippen molar-refractivity contribution in [2.75, 3.05) is 67.1 Å². The summed E-state index contributed by atoms with van der Waals surface area (Å²) in [6.45, 7) is 10.6. The van der Waals surface area contributed by atoms with Gasteiger partial charge in [0.25, 0.3) is 5.91 Å². The molecule has 37 heavy (non-hydrogen) atoms. The number of amides is 1. The summed E-state index contributed by atoms with van der Waals surface area (Å²) < 4.78 is 0. The van der Waals surface area contributed by atoms with Crippen LogP contribution in [0.25, 0.3) is 10.2 Å². The van der Waals surface area contributed by atoms with Crippen LogP contribution in [0.2, 0.25) is 0 Å². The molecule has 0 saturated carbocycles. The Morgan fingerprint density at radius 1 is 0.784 bits per heavy atom. The lowest BCUT2D eigenvalue weighted by Gasteiger charge is -2.36. The normalized spacial score (nSPS) is 16.5. The van der Waals surface area contributed by atoms with E-state index in [2.05, 4.69) is 56.9 Å². The Morgan fingerprint density at radius 2 is 1.46 bits per heavy atom. The van der Waals surface area contributed by atoms with Gasteiger partial charge in [0.2, 0.25) is 0 Å². The first kappa shape index (κ1) is 23.7. The molecule has 2 aliphatic rings. The first-order valence-corrected chi connectivity index (χ1v) is 13.7. The quantitative estimate of drug-likeness (QED) is 0.409. The van der Waals surface area contributed by atoms with Gasteiger partial charge in [0.1, 0.15) is 22.3 Å². The zero-order valence-corrected chi connectivity index (χ0v) is 22.1. The molecule has 2 fully saturated rings. The van der Waals surface area contributed by atoms with E-state index in [1.165, 1.54) is 17.0 Å². The second-order valence-electron chi connectivity index (χ2n) is 9.61. The van der Waals surface area contributed by atoms with Crippen molar-refractivity contribution in [2.45, 2.75) is 13.8 Å². The molecule has 2 aliphatic heterocycles. The highest BCUT2D eigenvalue weighted by molar-refractivity contribution is 7.20. The standard InChI is InChI=1S/C28H31N7OS/c1-20-24-26(34-16-14-33(15-17-34)23-10-6-7-11-29-23)30-21(2)31-27(24)37-25(20)28(36)35-18-12-32(13-19-35)22-8-4-3-5-9-22/h3-11H,12-19H2,1-2H3. The summed E-state index contributed by atoms with van der Waals surface area (Å²) in [7, 11) is 0. The summed E-state index contributed by atoms with van der Waals surface area (Å²) in [5.74, 6) is 2.81. The predicted octanol–water partition coefficient (Wildman–Crippen LogP) is 3.99. The number of aromatic nitrogens is 3. The van der Waals surface area contributed by atoms with Crippen molar-refractivity contribution in [1.82, 2.24) is 19.9 Å². The number of thiophene rings is 1. The highest BCUT2D eigenvalue weighted by Crippen LogP contribution is 2.37. The second kappa shape index (κ2) is 9.97. The molecule has 6 rings (SSSR count). The molecule has 8 nitrogen and oxygen atoms in total. The van der Waals surface area contributed by atoms with E-state index < -0.39 is 0 Å². The van der Waals surface area contributed by atoms with Gasteiger partial charge in [0.05, 0.1) is 10.3 Å². The molecular formula is C28H31N7OS. The molecule has 0 unspecified atom stereocenters. The number of carbonyl (C=O) groups is 1. The Kier molecular flexibility index (Phi) is 6.38. The molecular weight excluding hydrogens is 482 g/mol. The molecule has 5 heterocycles. The van der Waals surface area contributed by atoms with E-state index in [1.807, 2.05) is 36.2 Å². The third-order valence-corrected chi connectivity index (χ3v) is 8.49. The monoisotopic (exact) mass is 513 g/mol. The molecule has 1 aromatic carbocycles. The van der Waals surface area contributed by atoms with Crippen molar-refractivity contribution in [1.29, 1.82) is 0 Å². The van der Waals surface area contributed by atoms with Gasteiger partial charge in [-0.3, -0.25) is 4.79 Å². The number of benzene rings is 1. The van der Waals surface area contributed by atoms with Crippen LogP contribution >= 0.6 is 11.3 Å². The number of piperazine rings is 2. The number of hydrogen-bond acceptors (Lipinski definition) is 8. The lowest BCUT2D eigenvalue weighted by Crippen LogP contribution is -2.48. The lowest BCUT2D eigenvalue weighted by atomic mass is 10.1. The minimum atomic E-state index is 0.108. The minimum absolute atomic E-state index is 0.108. The van der Waals surface area contributed by atoms with Crippen molar-refractivity contribution < 1.29 is 4.79 Å². The maximum atomic E-state index is 13.6. The Balaban J connectivity index is 1.21. The maximum Gasteiger partial charge on any atom is 0.264 e. The van der Waals surface area contributed by atoms with Crippen molar-refractivity contribution in [3.8, 4) is 0 Å². The number of hydrogen-bond donors (Lipinski definition) is 0. The zero-order valence-electron chi connectivity index (χ0n) is 21.3. The summed E-state index contributed by atoms with van der Waals surface area (Å²) in [6, 6.07) is 16.5. The first-order valence-electron chi connectivity index (χ1n) is 12.9. The summed E-state index contributed by atoms with van der Waals surface area (Å²) in [4.78, 5) is 38.4. The van der Waals surface area contributed by atoms with Crippen molar-refractivity contribution >= 4 is 44.8 Å². The fourth-order valence-electron chi connectivity index (χ4n) is 5.29. The van der Waals surface area contributed by atoms with Crippen LogP contribution in [0, 0.1) is 13.8 Å². The molecule has 1 amide bonds. The highest BCUT2D eigenvalue weighted by Gasteiger charge is 2.29. The zero-order chi connectivity index (χ0) is 25.4. The highest BCUT2D eigenvalue weighted by atomic mass is 32.1. The molecule has 0 spiro atoms. The van der Waals surface area contributed by atoms with Gasteiger partial charge in [-0.1, -0.05) is 24.3 Å². The summed E-state index contributed by atoms with van der Waals surface area (Å²) in [6.07, 6.45) is 1.84. The fourth-order valence-corrected chi connectivity index (χ4v) is 6.48. The van der Waals surface area contributed by atoms with Crippen molar-refractivity contribution in [3.05, 3.63) is 71.0 Å². The summed E-state index contributed by atoms with van der Waals surface area (Å²) in [5.41, 5.74) is 2.21. The van der Waals surface area contributed by atoms with Crippen LogP contribution < -0.4 is 14.7 Å². The van der Waals surface area contributed by atoms with Gasteiger partial charge in [-0.25, -0.2) is 15.0 Å². The summed E-state index contributed by atoms with van der Waals surface area (Å²) in [5, 5.41) is 1.02. The average molecular weight is 514 g/mol. The number of anilines is 3. The predicted molar refractivity (Wildman–Crippen MR) is 150 cm³/mol. The van der Waals surface area contributed by atoms with Gasteiger partial charge in [0, 0.05) is 64.2 Å². The third kappa shape index (κ3) is 4.59. The van der Waals surface area contributed by atoms with E-state index >= 15 is 0 Å². The first-order chi connectivity index (χ1) is 18.1. The number of carbonyl (C=O) groups excluding carboxylic acids is 1. The fraction of sp³-hybridized carbons (Fsp3) is 0.357. The third-order valence-electron chi connectivity index (χ3n) is 7.32. The lowest BCUT2D eigenvalue weighted by molar-refractivity contribution is 0.0751. The number of aryl methyl sites for hydroxylation is 2. The molecule has 0 N–H and O–H groups in total. The molecule has 4 aromatic rings.